The van der Waals surface area contributed by atoms with Gasteiger partial charge < -0.3 is 20.5 Å². The molecule has 0 radical (unpaired) electrons. The maximum Gasteiger partial charge on any atom is 0.326 e. The predicted octanol–water partition coefficient (Wildman–Crippen LogP) is 5.27. The fourth-order valence-electron chi connectivity index (χ4n) is 5.10. The second-order valence-corrected chi connectivity index (χ2v) is 11.5. The van der Waals surface area contributed by atoms with Crippen molar-refractivity contribution in [3.63, 3.8) is 0 Å². The lowest BCUT2D eigenvalue weighted by Crippen LogP contribution is -2.41. The monoisotopic (exact) mass is 565 g/mol. The van der Waals surface area contributed by atoms with Crippen molar-refractivity contribution in [2.24, 2.45) is 0 Å². The van der Waals surface area contributed by atoms with Crippen molar-refractivity contribution in [3.05, 3.63) is 75.6 Å². The van der Waals surface area contributed by atoms with E-state index in [1.54, 1.807) is 32.0 Å². The molecule has 11 heteroatoms. The highest BCUT2D eigenvalue weighted by Gasteiger charge is 2.36. The van der Waals surface area contributed by atoms with Crippen molar-refractivity contribution >= 4 is 34.9 Å². The van der Waals surface area contributed by atoms with Crippen LogP contribution in [0.25, 0.3) is 0 Å². The van der Waals surface area contributed by atoms with E-state index in [1.807, 2.05) is 0 Å². The maximum absolute atomic E-state index is 14.4. The van der Waals surface area contributed by atoms with E-state index >= 15 is 0 Å². The molecule has 1 saturated carbocycles. The average molecular weight is 566 g/mol. The first-order valence-corrected chi connectivity index (χ1v) is 13.7. The maximum atomic E-state index is 14.4. The fourth-order valence-corrected chi connectivity index (χ4v) is 5.38. The number of carbonyl (C=O) groups excluding carboxylic acids is 2. The van der Waals surface area contributed by atoms with Crippen molar-refractivity contribution in [2.75, 3.05) is 16.8 Å². The highest BCUT2D eigenvalue weighted by atomic mass is 35.5. The van der Waals surface area contributed by atoms with E-state index in [9.17, 15) is 19.1 Å². The van der Waals surface area contributed by atoms with Gasteiger partial charge in [0.25, 0.3) is 5.91 Å². The van der Waals surface area contributed by atoms with Gasteiger partial charge in [-0.2, -0.15) is 0 Å². The Balaban J connectivity index is 1.30. The zero-order valence-electron chi connectivity index (χ0n) is 22.1. The molecular formula is C29H29ClFN5O4. The summed E-state index contributed by atoms with van der Waals surface area (Å²) >= 11 is 6.68. The average Bonchev–Trinajstić information content (AvgIpc) is 3.76. The SMILES string of the molecule is CC(C)(O)CNC(=O)c1cc2c(c(C3CC3)n1)CN(c1cc3c(cc1Cl)CCC(c1ncccc1F)O3)C(=O)N2. The van der Waals surface area contributed by atoms with E-state index in [1.165, 1.54) is 23.2 Å². The minimum atomic E-state index is -1.07. The number of hydrogen-bond acceptors (Lipinski definition) is 6. The minimum absolute atomic E-state index is 0.0657. The summed E-state index contributed by atoms with van der Waals surface area (Å²) in [6.07, 6.45) is 4.05. The largest absolute Gasteiger partial charge is 0.484 e. The van der Waals surface area contributed by atoms with Crippen LogP contribution < -0.4 is 20.3 Å². The molecule has 0 saturated heterocycles. The molecule has 208 valence electrons. The van der Waals surface area contributed by atoms with E-state index in [0.29, 0.717) is 35.0 Å². The van der Waals surface area contributed by atoms with Gasteiger partial charge in [-0.25, -0.2) is 14.2 Å². The molecule has 9 nitrogen and oxygen atoms in total. The highest BCUT2D eigenvalue weighted by molar-refractivity contribution is 6.34. The van der Waals surface area contributed by atoms with Crippen LogP contribution in [0.1, 0.15) is 78.1 Å². The second-order valence-electron chi connectivity index (χ2n) is 11.1. The predicted molar refractivity (Wildman–Crippen MR) is 147 cm³/mol. The Kier molecular flexibility index (Phi) is 6.62. The molecule has 2 aliphatic heterocycles. The van der Waals surface area contributed by atoms with Gasteiger partial charge in [0.05, 0.1) is 34.2 Å². The number of aliphatic hydroxyl groups is 1. The van der Waals surface area contributed by atoms with Gasteiger partial charge in [0.15, 0.2) is 0 Å². The summed E-state index contributed by atoms with van der Waals surface area (Å²) in [6, 6.07) is 7.57. The Bertz CT molecular complexity index is 1520. The van der Waals surface area contributed by atoms with Crippen LogP contribution in [0, 0.1) is 5.82 Å². The number of nitrogens with one attached hydrogen (secondary N) is 2. The lowest BCUT2D eigenvalue weighted by Gasteiger charge is -2.33. The van der Waals surface area contributed by atoms with Crippen LogP contribution in [0.5, 0.6) is 5.75 Å². The third-order valence-electron chi connectivity index (χ3n) is 7.30. The summed E-state index contributed by atoms with van der Waals surface area (Å²) in [5.74, 6) is -0.120. The number of benzene rings is 1. The smallest absolute Gasteiger partial charge is 0.326 e. The second kappa shape index (κ2) is 10.0. The fraction of sp³-hybridized carbons (Fsp3) is 0.379. The Labute approximate surface area is 235 Å². The summed E-state index contributed by atoms with van der Waals surface area (Å²) in [7, 11) is 0. The number of aryl methyl sites for hydroxylation is 1. The molecule has 3 N–H and O–H groups in total. The first-order valence-electron chi connectivity index (χ1n) is 13.3. The van der Waals surface area contributed by atoms with Gasteiger partial charge in [-0.15, -0.1) is 0 Å². The molecule has 4 heterocycles. The van der Waals surface area contributed by atoms with Crippen LogP contribution in [-0.2, 0) is 13.0 Å². The van der Waals surface area contributed by atoms with Crippen LogP contribution in [0.3, 0.4) is 0 Å². The van der Waals surface area contributed by atoms with Gasteiger partial charge in [0, 0.05) is 30.3 Å². The van der Waals surface area contributed by atoms with Gasteiger partial charge in [0.2, 0.25) is 0 Å². The number of nitrogens with zero attached hydrogens (tertiary/aromatic N) is 3. The number of aromatic nitrogens is 2. The van der Waals surface area contributed by atoms with Crippen molar-refractivity contribution in [1.82, 2.24) is 15.3 Å². The van der Waals surface area contributed by atoms with Gasteiger partial charge in [-0.1, -0.05) is 11.6 Å². The molecule has 0 bridgehead atoms. The molecule has 2 aromatic heterocycles. The number of pyridine rings is 2. The van der Waals surface area contributed by atoms with E-state index in [0.717, 1.165) is 29.7 Å². The quantitative estimate of drug-likeness (QED) is 0.375. The summed E-state index contributed by atoms with van der Waals surface area (Å²) in [5.41, 5.74) is 2.82. The Morgan fingerprint density at radius 1 is 1.27 bits per heavy atom. The minimum Gasteiger partial charge on any atom is -0.484 e. The van der Waals surface area contributed by atoms with E-state index in [-0.39, 0.29) is 30.4 Å². The van der Waals surface area contributed by atoms with Gasteiger partial charge in [-0.3, -0.25) is 14.7 Å². The topological polar surface area (TPSA) is 117 Å². The van der Waals surface area contributed by atoms with Crippen molar-refractivity contribution in [2.45, 2.75) is 63.7 Å². The molecule has 1 fully saturated rings. The molecule has 3 aliphatic rings. The number of anilines is 2. The Hall–Kier alpha value is -3.76. The first kappa shape index (κ1) is 26.5. The molecule has 6 rings (SSSR count). The molecular weight excluding hydrogens is 537 g/mol. The zero-order valence-corrected chi connectivity index (χ0v) is 22.9. The van der Waals surface area contributed by atoms with Crippen LogP contribution in [-0.4, -0.2) is 39.2 Å². The summed E-state index contributed by atoms with van der Waals surface area (Å²) < 4.78 is 20.5. The van der Waals surface area contributed by atoms with Crippen LogP contribution in [0.2, 0.25) is 5.02 Å². The number of rotatable bonds is 6. The molecule has 1 atom stereocenters. The zero-order chi connectivity index (χ0) is 28.2. The molecule has 1 aliphatic carbocycles. The molecule has 3 aromatic rings. The standard InChI is InChI=1S/C29H29ClFN5O4/c1-29(2,39)14-33-27(37)21-11-20-17(25(34-21)15-5-6-15)13-36(28(38)35-20)22-12-24-16(10-18(22)30)7-8-23(40-24)26-19(31)4-3-9-32-26/h3-4,9-12,15,23,39H,5-8,13-14H2,1-2H3,(H,33,37)(H,35,38). The molecule has 1 aromatic carbocycles. The molecule has 1 unspecified atom stereocenters. The molecule has 0 spiro atoms. The van der Waals surface area contributed by atoms with Crippen LogP contribution in [0.4, 0.5) is 20.6 Å². The Morgan fingerprint density at radius 3 is 2.80 bits per heavy atom. The summed E-state index contributed by atoms with van der Waals surface area (Å²) in [5, 5.41) is 16.0. The number of ether oxygens (including phenoxy) is 1. The number of fused-ring (bicyclic) bond motifs is 2. The van der Waals surface area contributed by atoms with Crippen LogP contribution >= 0.6 is 11.6 Å². The first-order chi connectivity index (χ1) is 19.1. The number of halogens is 2. The Morgan fingerprint density at radius 2 is 2.08 bits per heavy atom. The van der Waals surface area contributed by atoms with Gasteiger partial charge >= 0.3 is 6.03 Å². The number of hydrogen-bond donors (Lipinski definition) is 3. The summed E-state index contributed by atoms with van der Waals surface area (Å²) in [6.45, 7) is 3.48. The number of carbonyl (C=O) groups is 2. The highest BCUT2D eigenvalue weighted by Crippen LogP contribution is 2.46. The molecule has 3 amide bonds. The lowest BCUT2D eigenvalue weighted by molar-refractivity contribution is 0.0692. The third kappa shape index (κ3) is 5.21. The van der Waals surface area contributed by atoms with Crippen molar-refractivity contribution in [3.8, 4) is 5.75 Å². The normalized spacial score (nSPS) is 18.4. The van der Waals surface area contributed by atoms with Crippen molar-refractivity contribution in [1.29, 1.82) is 0 Å². The van der Waals surface area contributed by atoms with E-state index in [2.05, 4.69) is 20.6 Å². The lowest BCUT2D eigenvalue weighted by atomic mass is 9.98. The number of urea groups is 1. The molecule has 40 heavy (non-hydrogen) atoms. The number of amides is 3. The van der Waals surface area contributed by atoms with Gasteiger partial charge in [0.1, 0.15) is 29.1 Å². The van der Waals surface area contributed by atoms with Crippen molar-refractivity contribution < 1.29 is 23.8 Å². The van der Waals surface area contributed by atoms with Crippen LogP contribution in [0.15, 0.2) is 36.5 Å². The van der Waals surface area contributed by atoms with E-state index < -0.39 is 29.5 Å². The van der Waals surface area contributed by atoms with E-state index in [4.69, 9.17) is 16.3 Å². The van der Waals surface area contributed by atoms with Gasteiger partial charge in [-0.05, 0) is 69.4 Å². The third-order valence-corrected chi connectivity index (χ3v) is 7.60. The summed E-state index contributed by atoms with van der Waals surface area (Å²) in [4.78, 5) is 36.5.